The van der Waals surface area contributed by atoms with Gasteiger partial charge in [-0.1, -0.05) is 28.1 Å². The number of rotatable bonds is 3. The van der Waals surface area contributed by atoms with Crippen molar-refractivity contribution in [3.63, 3.8) is 0 Å². The van der Waals surface area contributed by atoms with Crippen molar-refractivity contribution in [1.82, 2.24) is 0 Å². The molecule has 0 saturated heterocycles. The van der Waals surface area contributed by atoms with Crippen LogP contribution in [0.3, 0.4) is 0 Å². The maximum absolute atomic E-state index is 12.0. The zero-order valence-electron chi connectivity index (χ0n) is 12.7. The molecule has 0 fully saturated rings. The molecule has 2 aromatic carbocycles. The van der Waals surface area contributed by atoms with Gasteiger partial charge in [0, 0.05) is 17.0 Å². The zero-order valence-corrected chi connectivity index (χ0v) is 14.2. The maximum Gasteiger partial charge on any atom is 0.363 e. The minimum absolute atomic E-state index is 0.216. The highest BCUT2D eigenvalue weighted by Gasteiger charge is 2.24. The van der Waals surface area contributed by atoms with Crippen molar-refractivity contribution in [3.05, 3.63) is 69.8 Å². The molecule has 1 aliphatic heterocycles. The summed E-state index contributed by atoms with van der Waals surface area (Å²) in [6.07, 6.45) is 1.62. The van der Waals surface area contributed by atoms with Gasteiger partial charge in [-0.3, -0.25) is 4.79 Å². The summed E-state index contributed by atoms with van der Waals surface area (Å²) in [4.78, 5) is 27.1. The monoisotopic (exact) mass is 385 g/mol. The molecule has 1 aliphatic rings. The Kier molecular flexibility index (Phi) is 4.57. The number of halogens is 1. The van der Waals surface area contributed by atoms with Crippen molar-refractivity contribution in [2.75, 3.05) is 0 Å². The third kappa shape index (κ3) is 3.78. The fourth-order valence-corrected chi connectivity index (χ4v) is 2.35. The highest BCUT2D eigenvalue weighted by molar-refractivity contribution is 9.10. The number of cyclic esters (lactones) is 1. The van der Waals surface area contributed by atoms with Crippen LogP contribution < -0.4 is 4.74 Å². The van der Waals surface area contributed by atoms with Gasteiger partial charge in [-0.2, -0.15) is 0 Å². The fraction of sp³-hybridized carbons (Fsp3) is 0.0556. The van der Waals surface area contributed by atoms with E-state index in [0.29, 0.717) is 5.75 Å². The molecule has 0 radical (unpaired) electrons. The van der Waals surface area contributed by atoms with Gasteiger partial charge in [-0.05, 0) is 48.0 Å². The molecule has 3 rings (SSSR count). The third-order valence-corrected chi connectivity index (χ3v) is 3.69. The molecule has 24 heavy (non-hydrogen) atoms. The molecule has 0 aliphatic carbocycles. The summed E-state index contributed by atoms with van der Waals surface area (Å²) in [5, 5.41) is 0. The smallest absolute Gasteiger partial charge is 0.363 e. The van der Waals surface area contributed by atoms with E-state index in [1.807, 2.05) is 24.3 Å². The Balaban J connectivity index is 1.83. The first kappa shape index (κ1) is 16.1. The molecule has 120 valence electrons. The average Bonchev–Trinajstić information content (AvgIpc) is 2.90. The maximum atomic E-state index is 12.0. The van der Waals surface area contributed by atoms with Gasteiger partial charge in [-0.15, -0.1) is 0 Å². The second-order valence-corrected chi connectivity index (χ2v) is 5.92. The molecule has 0 unspecified atom stereocenters. The summed E-state index contributed by atoms with van der Waals surface area (Å²) in [6, 6.07) is 14.1. The minimum Gasteiger partial charge on any atom is -0.427 e. The fourth-order valence-electron chi connectivity index (χ4n) is 2.08. The van der Waals surface area contributed by atoms with E-state index in [4.69, 9.17) is 9.47 Å². The van der Waals surface area contributed by atoms with Gasteiger partial charge >= 0.3 is 11.9 Å². The first-order chi connectivity index (χ1) is 11.5. The quantitative estimate of drug-likeness (QED) is 0.458. The molecule has 0 saturated carbocycles. The summed E-state index contributed by atoms with van der Waals surface area (Å²) in [5.74, 6) is -0.172. The second-order valence-electron chi connectivity index (χ2n) is 5.01. The molecule has 6 heteroatoms. The summed E-state index contributed by atoms with van der Waals surface area (Å²) in [5.41, 5.74) is 1.69. The number of benzene rings is 2. The lowest BCUT2D eigenvalue weighted by Crippen LogP contribution is -2.05. The van der Waals surface area contributed by atoms with Crippen molar-refractivity contribution in [3.8, 4) is 5.75 Å². The Morgan fingerprint density at radius 3 is 2.42 bits per heavy atom. The normalized spacial score (nSPS) is 15.2. The van der Waals surface area contributed by atoms with Crippen LogP contribution >= 0.6 is 15.9 Å². The number of ether oxygens (including phenoxy) is 2. The van der Waals surface area contributed by atoms with Crippen molar-refractivity contribution >= 4 is 39.8 Å². The van der Waals surface area contributed by atoms with E-state index in [0.717, 1.165) is 15.6 Å². The van der Waals surface area contributed by atoms with Crippen LogP contribution in [0, 0.1) is 0 Å². The lowest BCUT2D eigenvalue weighted by atomic mass is 10.2. The van der Waals surface area contributed by atoms with Crippen molar-refractivity contribution < 1.29 is 19.1 Å². The summed E-state index contributed by atoms with van der Waals surface area (Å²) in [6.45, 7) is 1.34. The van der Waals surface area contributed by atoms with Crippen LogP contribution in [0.1, 0.15) is 18.1 Å². The molecule has 5 nitrogen and oxygen atoms in total. The Labute approximate surface area is 146 Å². The van der Waals surface area contributed by atoms with Gasteiger partial charge in [0.15, 0.2) is 5.70 Å². The number of nitrogens with zero attached hydrogens (tertiary/aromatic N) is 1. The van der Waals surface area contributed by atoms with E-state index in [1.54, 1.807) is 30.3 Å². The molecule has 0 amide bonds. The van der Waals surface area contributed by atoms with Crippen molar-refractivity contribution in [1.29, 1.82) is 0 Å². The van der Waals surface area contributed by atoms with Gasteiger partial charge in [-0.25, -0.2) is 9.79 Å². The largest absolute Gasteiger partial charge is 0.427 e. The van der Waals surface area contributed by atoms with E-state index in [9.17, 15) is 9.59 Å². The van der Waals surface area contributed by atoms with Crippen LogP contribution in [0.2, 0.25) is 0 Å². The van der Waals surface area contributed by atoms with Gasteiger partial charge in [0.1, 0.15) is 5.75 Å². The van der Waals surface area contributed by atoms with Crippen molar-refractivity contribution in [2.45, 2.75) is 6.92 Å². The average molecular weight is 386 g/mol. The molecular weight excluding hydrogens is 374 g/mol. The predicted molar refractivity (Wildman–Crippen MR) is 92.5 cm³/mol. The number of carbonyl (C=O) groups is 2. The van der Waals surface area contributed by atoms with Gasteiger partial charge in [0.2, 0.25) is 5.90 Å². The van der Waals surface area contributed by atoms with E-state index < -0.39 is 5.97 Å². The number of aliphatic imine (C=N–C) groups is 1. The SMILES string of the molecule is CC(=O)Oc1ccc(/C=C2\N=C(c3ccc(Br)cc3)OC2=O)cc1. The first-order valence-corrected chi connectivity index (χ1v) is 7.87. The highest BCUT2D eigenvalue weighted by atomic mass is 79.9. The Hall–Kier alpha value is -2.73. The Morgan fingerprint density at radius 1 is 1.12 bits per heavy atom. The number of hydrogen-bond donors (Lipinski definition) is 0. The third-order valence-electron chi connectivity index (χ3n) is 3.16. The molecular formula is C18H12BrNO4. The predicted octanol–water partition coefficient (Wildman–Crippen LogP) is 3.72. The molecule has 1 heterocycles. The van der Waals surface area contributed by atoms with E-state index in [-0.39, 0.29) is 17.6 Å². The van der Waals surface area contributed by atoms with Crippen LogP contribution in [0.25, 0.3) is 6.08 Å². The first-order valence-electron chi connectivity index (χ1n) is 7.08. The molecule has 0 spiro atoms. The van der Waals surface area contributed by atoms with Crippen LogP contribution in [0.15, 0.2) is 63.7 Å². The number of carbonyl (C=O) groups excluding carboxylic acids is 2. The van der Waals surface area contributed by atoms with E-state index >= 15 is 0 Å². The lowest BCUT2D eigenvalue weighted by molar-refractivity contribution is -0.132. The van der Waals surface area contributed by atoms with Crippen LogP contribution in [-0.2, 0) is 14.3 Å². The standard InChI is InChI=1S/C18H12BrNO4/c1-11(21)23-15-8-2-12(3-9-15)10-16-18(22)24-17(20-16)13-4-6-14(19)7-5-13/h2-10H,1H3/b16-10-. The summed E-state index contributed by atoms with van der Waals surface area (Å²) < 4.78 is 11.1. The Bertz CT molecular complexity index is 852. The van der Waals surface area contributed by atoms with Gasteiger partial charge in [0.25, 0.3) is 0 Å². The van der Waals surface area contributed by atoms with Crippen LogP contribution in [0.4, 0.5) is 0 Å². The lowest BCUT2D eigenvalue weighted by Gasteiger charge is -2.00. The molecule has 0 bridgehead atoms. The summed E-state index contributed by atoms with van der Waals surface area (Å²) in [7, 11) is 0. The zero-order chi connectivity index (χ0) is 17.1. The van der Waals surface area contributed by atoms with Gasteiger partial charge in [0.05, 0.1) is 0 Å². The van der Waals surface area contributed by atoms with Crippen molar-refractivity contribution in [2.24, 2.45) is 4.99 Å². The molecule has 0 N–H and O–H groups in total. The van der Waals surface area contributed by atoms with E-state index in [1.165, 1.54) is 6.92 Å². The highest BCUT2D eigenvalue weighted by Crippen LogP contribution is 2.21. The van der Waals surface area contributed by atoms with Crippen LogP contribution in [0.5, 0.6) is 5.75 Å². The Morgan fingerprint density at radius 2 is 1.79 bits per heavy atom. The van der Waals surface area contributed by atoms with Crippen LogP contribution in [-0.4, -0.2) is 17.8 Å². The van der Waals surface area contributed by atoms with E-state index in [2.05, 4.69) is 20.9 Å². The molecule has 2 aromatic rings. The molecule has 0 aromatic heterocycles. The summed E-state index contributed by atoms with van der Waals surface area (Å²) >= 11 is 3.35. The number of hydrogen-bond acceptors (Lipinski definition) is 5. The van der Waals surface area contributed by atoms with Gasteiger partial charge < -0.3 is 9.47 Å². The second kappa shape index (κ2) is 6.80. The topological polar surface area (TPSA) is 65.0 Å². The minimum atomic E-state index is -0.503. The number of esters is 2. The molecule has 0 atom stereocenters.